The number of rotatable bonds is 0. The van der Waals surface area contributed by atoms with Crippen molar-refractivity contribution in [1.29, 1.82) is 0 Å². The van der Waals surface area contributed by atoms with Crippen molar-refractivity contribution in [3.8, 4) is 0 Å². The van der Waals surface area contributed by atoms with Gasteiger partial charge < -0.3 is 10.3 Å². The zero-order chi connectivity index (χ0) is 4.00. The molecule has 0 atom stereocenters. The van der Waals surface area contributed by atoms with Crippen LogP contribution in [0.4, 0.5) is 0 Å². The van der Waals surface area contributed by atoms with Gasteiger partial charge in [0.2, 0.25) is 0 Å². The summed E-state index contributed by atoms with van der Waals surface area (Å²) in [5.74, 6) is 0. The highest BCUT2D eigenvalue weighted by Crippen LogP contribution is 1.14. The van der Waals surface area contributed by atoms with Gasteiger partial charge in [-0.15, -0.1) is 0 Å². The minimum Gasteiger partial charge on any atom is -0.412 e. The minimum atomic E-state index is 0. The van der Waals surface area contributed by atoms with Crippen LogP contribution in [0.3, 0.4) is 0 Å². The van der Waals surface area contributed by atoms with E-state index in [0.717, 1.165) is 0 Å². The summed E-state index contributed by atoms with van der Waals surface area (Å²) in [5.41, 5.74) is 0. The Morgan fingerprint density at radius 3 is 1.20 bits per heavy atom. The fourth-order valence-electron chi connectivity index (χ4n) is 0. The molecule has 0 radical (unpaired) electrons. The van der Waals surface area contributed by atoms with Crippen LogP contribution in [-0.4, -0.2) is 12.3 Å². The molecule has 0 aromatic heterocycles. The van der Waals surface area contributed by atoms with E-state index < -0.39 is 0 Å². The van der Waals surface area contributed by atoms with Gasteiger partial charge in [0.25, 0.3) is 0 Å². The highest BCUT2D eigenvalue weighted by Gasteiger charge is 0.932. The molecule has 5 heavy (non-hydrogen) atoms. The molecule has 0 aromatic carbocycles. The molecule has 2 N–H and O–H groups in total. The standard InChI is InChI=1S/C2H6.CH2O.H2O/c2*1-2;/h1-2H3;1H2;1H2. The van der Waals surface area contributed by atoms with Crippen molar-refractivity contribution in [2.45, 2.75) is 13.8 Å². The molecule has 2 nitrogen and oxygen atoms in total. The summed E-state index contributed by atoms with van der Waals surface area (Å²) in [6.07, 6.45) is 0. The van der Waals surface area contributed by atoms with Crippen molar-refractivity contribution in [3.63, 3.8) is 0 Å². The van der Waals surface area contributed by atoms with E-state index in [1.807, 2.05) is 20.6 Å². The topological polar surface area (TPSA) is 48.6 Å². The third-order valence-electron chi connectivity index (χ3n) is 0. The van der Waals surface area contributed by atoms with Gasteiger partial charge in [-0.05, 0) is 0 Å². The molecule has 0 unspecified atom stereocenters. The molecule has 0 fully saturated rings. The van der Waals surface area contributed by atoms with Crippen LogP contribution in [0.2, 0.25) is 0 Å². The van der Waals surface area contributed by atoms with Crippen molar-refractivity contribution in [1.82, 2.24) is 0 Å². The summed E-state index contributed by atoms with van der Waals surface area (Å²) in [6, 6.07) is 0. The first-order valence-corrected chi connectivity index (χ1v) is 1.29. The number of carbonyl (C=O) groups is 1. The molecule has 0 aromatic rings. The highest BCUT2D eigenvalue weighted by molar-refractivity contribution is 5.10. The van der Waals surface area contributed by atoms with Crippen LogP contribution >= 0.6 is 0 Å². The van der Waals surface area contributed by atoms with Crippen LogP contribution in [0.1, 0.15) is 13.8 Å². The van der Waals surface area contributed by atoms with Gasteiger partial charge in [0.15, 0.2) is 0 Å². The minimum absolute atomic E-state index is 0. The fraction of sp³-hybridized carbons (Fsp3) is 0.667. The molecule has 2 heteroatoms. The van der Waals surface area contributed by atoms with Crippen molar-refractivity contribution in [3.05, 3.63) is 0 Å². The Bertz CT molecular complexity index is 4.85. The maximum absolute atomic E-state index is 8.00. The van der Waals surface area contributed by atoms with Gasteiger partial charge >= 0.3 is 0 Å². The highest BCUT2D eigenvalue weighted by atomic mass is 16.1. The summed E-state index contributed by atoms with van der Waals surface area (Å²) in [4.78, 5) is 8.00. The van der Waals surface area contributed by atoms with E-state index in [4.69, 9.17) is 4.79 Å². The molecule has 0 spiro atoms. The SMILES string of the molecule is C=O.CC.O. The number of carbonyl (C=O) groups excluding carboxylic acids is 1. The van der Waals surface area contributed by atoms with Gasteiger partial charge in [0.1, 0.15) is 6.79 Å². The normalized spacial score (nSPS) is 2.00. The summed E-state index contributed by atoms with van der Waals surface area (Å²) in [6.45, 7) is 6.00. The molecule has 0 heterocycles. The third-order valence-corrected chi connectivity index (χ3v) is 0. The average Bonchev–Trinajstić information content (AvgIpc) is 1.50. The van der Waals surface area contributed by atoms with Crippen LogP contribution < -0.4 is 0 Å². The third kappa shape index (κ3) is 70.4. The molecule has 0 aliphatic carbocycles. The van der Waals surface area contributed by atoms with Gasteiger partial charge in [-0.1, -0.05) is 13.8 Å². The van der Waals surface area contributed by atoms with Crippen molar-refractivity contribution in [2.75, 3.05) is 0 Å². The van der Waals surface area contributed by atoms with E-state index in [9.17, 15) is 0 Å². The molecule has 0 saturated heterocycles. The van der Waals surface area contributed by atoms with Crippen LogP contribution in [0.5, 0.6) is 0 Å². The smallest absolute Gasteiger partial charge is 0.106 e. The predicted molar refractivity (Wildman–Crippen MR) is 22.1 cm³/mol. The van der Waals surface area contributed by atoms with Crippen LogP contribution in [0.15, 0.2) is 0 Å². The molecule has 0 amide bonds. The second-order valence-electron chi connectivity index (χ2n) is 0. The first-order valence-electron chi connectivity index (χ1n) is 1.29. The lowest BCUT2D eigenvalue weighted by Gasteiger charge is -1.07. The maximum atomic E-state index is 8.00. The largest absolute Gasteiger partial charge is 0.412 e. The monoisotopic (exact) mass is 78.1 g/mol. The Labute approximate surface area is 32.1 Å². The average molecular weight is 78.1 g/mol. The van der Waals surface area contributed by atoms with Crippen LogP contribution in [0, 0.1) is 0 Å². The van der Waals surface area contributed by atoms with Crippen LogP contribution in [-0.2, 0) is 4.79 Å². The fourth-order valence-corrected chi connectivity index (χ4v) is 0. The zero-order valence-corrected chi connectivity index (χ0v) is 3.62. The lowest BCUT2D eigenvalue weighted by atomic mass is 11.0. The Balaban J connectivity index is -0.0000000133. The Morgan fingerprint density at radius 2 is 1.20 bits per heavy atom. The maximum Gasteiger partial charge on any atom is 0.106 e. The molecule has 0 rings (SSSR count). The second-order valence-corrected chi connectivity index (χ2v) is 0. The molecule has 0 saturated carbocycles. The van der Waals surface area contributed by atoms with Crippen LogP contribution in [0.25, 0.3) is 0 Å². The summed E-state index contributed by atoms with van der Waals surface area (Å²) < 4.78 is 0. The lowest BCUT2D eigenvalue weighted by Crippen LogP contribution is -0.925. The molecular formula is C3H10O2. The van der Waals surface area contributed by atoms with Crippen molar-refractivity contribution < 1.29 is 10.3 Å². The summed E-state index contributed by atoms with van der Waals surface area (Å²) >= 11 is 0. The quantitative estimate of drug-likeness (QED) is 0.403. The summed E-state index contributed by atoms with van der Waals surface area (Å²) in [7, 11) is 0. The second kappa shape index (κ2) is 183. The Morgan fingerprint density at radius 1 is 1.20 bits per heavy atom. The molecule has 0 aliphatic rings. The van der Waals surface area contributed by atoms with E-state index in [-0.39, 0.29) is 5.48 Å². The first kappa shape index (κ1) is 23.0. The van der Waals surface area contributed by atoms with E-state index in [1.54, 1.807) is 0 Å². The molecule has 34 valence electrons. The van der Waals surface area contributed by atoms with E-state index in [0.29, 0.717) is 0 Å². The molecule has 0 bridgehead atoms. The Hall–Kier alpha value is -0.370. The van der Waals surface area contributed by atoms with Gasteiger partial charge in [0, 0.05) is 0 Å². The van der Waals surface area contributed by atoms with Crippen molar-refractivity contribution >= 4 is 6.79 Å². The van der Waals surface area contributed by atoms with Gasteiger partial charge in [0.05, 0.1) is 0 Å². The van der Waals surface area contributed by atoms with Crippen molar-refractivity contribution in [2.24, 2.45) is 0 Å². The number of hydrogen-bond acceptors (Lipinski definition) is 1. The van der Waals surface area contributed by atoms with E-state index >= 15 is 0 Å². The summed E-state index contributed by atoms with van der Waals surface area (Å²) in [5, 5.41) is 0. The molecular weight excluding hydrogens is 68.0 g/mol. The van der Waals surface area contributed by atoms with Gasteiger partial charge in [-0.3, -0.25) is 0 Å². The predicted octanol–water partition coefficient (Wildman–Crippen LogP) is 0.0166. The van der Waals surface area contributed by atoms with Gasteiger partial charge in [-0.25, -0.2) is 0 Å². The van der Waals surface area contributed by atoms with E-state index in [1.165, 1.54) is 0 Å². The first-order chi connectivity index (χ1) is 2.00. The molecule has 0 aliphatic heterocycles. The van der Waals surface area contributed by atoms with E-state index in [2.05, 4.69) is 0 Å². The number of hydrogen-bond donors (Lipinski definition) is 0. The lowest BCUT2D eigenvalue weighted by molar-refractivity contribution is -0.0979. The van der Waals surface area contributed by atoms with Gasteiger partial charge in [-0.2, -0.15) is 0 Å². The zero-order valence-electron chi connectivity index (χ0n) is 3.62. The Kier molecular flexibility index (Phi) is 842.